The monoisotopic (exact) mass is 556 g/mol. The van der Waals surface area contributed by atoms with Crippen molar-refractivity contribution in [3.05, 3.63) is 77.5 Å². The van der Waals surface area contributed by atoms with Crippen LogP contribution in [0.25, 0.3) is 10.9 Å². The molecule has 0 bridgehead atoms. The Bertz CT molecular complexity index is 1560. The standard InChI is InChI=1S/C29H27F3N2O6/c1-16-17(2)24(39-25-11-12-33-22-15-27(38-5)26(37-4)14-21(22)25)10-9-23(16)34(28(35)36)18(3)19-7-6-8-20(13-19)40-29(30,31)32/h6-15,18H,1-5H3,(H,35,36). The first-order valence-corrected chi connectivity index (χ1v) is 12.1. The molecule has 210 valence electrons. The van der Waals surface area contributed by atoms with Gasteiger partial charge in [0.25, 0.3) is 0 Å². The van der Waals surface area contributed by atoms with Crippen LogP contribution >= 0.6 is 0 Å². The topological polar surface area (TPSA) is 90.4 Å². The zero-order valence-corrected chi connectivity index (χ0v) is 22.4. The van der Waals surface area contributed by atoms with Crippen LogP contribution in [0.2, 0.25) is 0 Å². The van der Waals surface area contributed by atoms with Gasteiger partial charge in [0.2, 0.25) is 0 Å². The van der Waals surface area contributed by atoms with E-state index in [1.807, 2.05) is 0 Å². The molecular formula is C29H27F3N2O6. The highest BCUT2D eigenvalue weighted by molar-refractivity contribution is 5.90. The molecule has 3 aromatic carbocycles. The van der Waals surface area contributed by atoms with Gasteiger partial charge in [-0.05, 0) is 73.9 Å². The van der Waals surface area contributed by atoms with Crippen LogP contribution in [-0.2, 0) is 0 Å². The van der Waals surface area contributed by atoms with Crippen molar-refractivity contribution >= 4 is 22.7 Å². The van der Waals surface area contributed by atoms with Gasteiger partial charge in [-0.1, -0.05) is 12.1 Å². The lowest BCUT2D eigenvalue weighted by Crippen LogP contribution is -2.33. The molecule has 40 heavy (non-hydrogen) atoms. The maximum absolute atomic E-state index is 12.7. The lowest BCUT2D eigenvalue weighted by Gasteiger charge is -2.29. The number of hydrogen-bond acceptors (Lipinski definition) is 6. The Balaban J connectivity index is 1.69. The van der Waals surface area contributed by atoms with Crippen LogP contribution in [0.3, 0.4) is 0 Å². The molecule has 1 atom stereocenters. The van der Waals surface area contributed by atoms with Gasteiger partial charge in [0.05, 0.1) is 31.5 Å². The quantitative estimate of drug-likeness (QED) is 0.237. The van der Waals surface area contributed by atoms with Crippen LogP contribution in [-0.4, -0.2) is 36.8 Å². The second-order valence-electron chi connectivity index (χ2n) is 8.92. The van der Waals surface area contributed by atoms with E-state index in [1.54, 1.807) is 63.4 Å². The summed E-state index contributed by atoms with van der Waals surface area (Å²) in [6, 6.07) is 12.9. The molecule has 1 amide bonds. The highest BCUT2D eigenvalue weighted by Crippen LogP contribution is 2.40. The summed E-state index contributed by atoms with van der Waals surface area (Å²) in [5, 5.41) is 10.8. The van der Waals surface area contributed by atoms with Crippen molar-refractivity contribution in [1.82, 2.24) is 4.98 Å². The Morgan fingerprint density at radius 1 is 0.925 bits per heavy atom. The number of hydrogen-bond donors (Lipinski definition) is 1. The lowest BCUT2D eigenvalue weighted by molar-refractivity contribution is -0.274. The van der Waals surface area contributed by atoms with Crippen LogP contribution in [0.5, 0.6) is 28.7 Å². The summed E-state index contributed by atoms with van der Waals surface area (Å²) in [5.74, 6) is 1.59. The first-order valence-electron chi connectivity index (χ1n) is 12.1. The van der Waals surface area contributed by atoms with Crippen molar-refractivity contribution in [2.75, 3.05) is 19.1 Å². The fourth-order valence-electron chi connectivity index (χ4n) is 4.41. The van der Waals surface area contributed by atoms with Gasteiger partial charge in [0, 0.05) is 17.6 Å². The second-order valence-corrected chi connectivity index (χ2v) is 8.92. The Labute approximate surface area is 228 Å². The van der Waals surface area contributed by atoms with Crippen molar-refractivity contribution in [3.8, 4) is 28.7 Å². The van der Waals surface area contributed by atoms with Gasteiger partial charge in [-0.15, -0.1) is 13.2 Å². The summed E-state index contributed by atoms with van der Waals surface area (Å²) in [4.78, 5) is 17.9. The molecule has 8 nitrogen and oxygen atoms in total. The number of fused-ring (bicyclic) bond motifs is 1. The number of halogens is 3. The van der Waals surface area contributed by atoms with Gasteiger partial charge < -0.3 is 24.1 Å². The van der Waals surface area contributed by atoms with E-state index in [0.29, 0.717) is 56.3 Å². The van der Waals surface area contributed by atoms with Crippen molar-refractivity contribution in [1.29, 1.82) is 0 Å². The van der Waals surface area contributed by atoms with E-state index < -0.39 is 24.2 Å². The van der Waals surface area contributed by atoms with Crippen LogP contribution in [0, 0.1) is 13.8 Å². The lowest BCUT2D eigenvalue weighted by atomic mass is 10.0. The number of nitrogens with zero attached hydrogens (tertiary/aromatic N) is 2. The first kappa shape index (κ1) is 28.3. The van der Waals surface area contributed by atoms with E-state index in [0.717, 1.165) is 11.0 Å². The third-order valence-electron chi connectivity index (χ3n) is 6.56. The predicted molar refractivity (Wildman–Crippen MR) is 143 cm³/mol. The minimum atomic E-state index is -4.87. The van der Waals surface area contributed by atoms with E-state index in [9.17, 15) is 23.1 Å². The highest BCUT2D eigenvalue weighted by atomic mass is 19.4. The number of rotatable bonds is 8. The highest BCUT2D eigenvalue weighted by Gasteiger charge is 2.32. The van der Waals surface area contributed by atoms with Crippen LogP contribution < -0.4 is 23.8 Å². The van der Waals surface area contributed by atoms with Gasteiger partial charge >= 0.3 is 12.5 Å². The summed E-state index contributed by atoms with van der Waals surface area (Å²) in [7, 11) is 3.06. The molecular weight excluding hydrogens is 529 g/mol. The number of methoxy groups -OCH3 is 2. The van der Waals surface area contributed by atoms with Gasteiger partial charge in [0.15, 0.2) is 11.5 Å². The Morgan fingerprint density at radius 3 is 2.27 bits per heavy atom. The molecule has 0 aliphatic heterocycles. The third kappa shape index (κ3) is 5.83. The number of carbonyl (C=O) groups is 1. The zero-order valence-electron chi connectivity index (χ0n) is 22.4. The maximum atomic E-state index is 12.7. The van der Waals surface area contributed by atoms with Gasteiger partial charge in [-0.25, -0.2) is 4.79 Å². The molecule has 4 rings (SSSR count). The fraction of sp³-hybridized carbons (Fsp3) is 0.241. The van der Waals surface area contributed by atoms with Crippen molar-refractivity contribution in [2.24, 2.45) is 0 Å². The molecule has 0 aliphatic carbocycles. The van der Waals surface area contributed by atoms with Gasteiger partial charge in [0.1, 0.15) is 17.2 Å². The predicted octanol–water partition coefficient (Wildman–Crippen LogP) is 7.81. The van der Waals surface area contributed by atoms with E-state index in [4.69, 9.17) is 14.2 Å². The molecule has 0 fully saturated rings. The molecule has 1 heterocycles. The van der Waals surface area contributed by atoms with E-state index in [2.05, 4.69) is 9.72 Å². The molecule has 0 saturated heterocycles. The maximum Gasteiger partial charge on any atom is 0.573 e. The molecule has 1 unspecified atom stereocenters. The number of aromatic nitrogens is 1. The molecule has 1 aromatic heterocycles. The molecule has 11 heteroatoms. The van der Waals surface area contributed by atoms with Gasteiger partial charge in [-0.3, -0.25) is 9.88 Å². The minimum Gasteiger partial charge on any atom is -0.493 e. The van der Waals surface area contributed by atoms with Gasteiger partial charge in [-0.2, -0.15) is 0 Å². The number of benzene rings is 3. The van der Waals surface area contributed by atoms with Crippen LogP contribution in [0.4, 0.5) is 23.7 Å². The molecule has 0 saturated carbocycles. The normalized spacial score (nSPS) is 12.1. The zero-order chi connectivity index (χ0) is 29.2. The number of ether oxygens (including phenoxy) is 4. The molecule has 0 radical (unpaired) electrons. The third-order valence-corrected chi connectivity index (χ3v) is 6.56. The van der Waals surface area contributed by atoms with Crippen molar-refractivity contribution < 1.29 is 42.0 Å². The van der Waals surface area contributed by atoms with E-state index in [1.165, 1.54) is 26.4 Å². The SMILES string of the molecule is COc1cc2nccc(Oc3ccc(N(C(=O)O)C(C)c4cccc(OC(F)(F)F)c4)c(C)c3C)c2cc1OC. The van der Waals surface area contributed by atoms with Crippen molar-refractivity contribution in [2.45, 2.75) is 33.2 Å². The molecule has 4 aromatic rings. The second kappa shape index (κ2) is 11.2. The Morgan fingerprint density at radius 2 is 1.62 bits per heavy atom. The Hall–Kier alpha value is -4.67. The van der Waals surface area contributed by atoms with Crippen LogP contribution in [0.1, 0.15) is 29.7 Å². The van der Waals surface area contributed by atoms with E-state index >= 15 is 0 Å². The first-order chi connectivity index (χ1) is 18.9. The Kier molecular flexibility index (Phi) is 7.94. The molecule has 1 N–H and O–H groups in total. The summed E-state index contributed by atoms with van der Waals surface area (Å²) >= 11 is 0. The number of alkyl halides is 3. The average molecular weight is 557 g/mol. The molecule has 0 aliphatic rings. The van der Waals surface area contributed by atoms with Crippen molar-refractivity contribution in [3.63, 3.8) is 0 Å². The van der Waals surface area contributed by atoms with Crippen LogP contribution in [0.15, 0.2) is 60.8 Å². The number of amides is 1. The van der Waals surface area contributed by atoms with E-state index in [-0.39, 0.29) is 0 Å². The fourth-order valence-corrected chi connectivity index (χ4v) is 4.41. The summed E-state index contributed by atoms with van der Waals surface area (Å²) in [6.07, 6.45) is -4.54. The summed E-state index contributed by atoms with van der Waals surface area (Å²) in [5.41, 5.74) is 2.61. The average Bonchev–Trinajstić information content (AvgIpc) is 2.91. The smallest absolute Gasteiger partial charge is 0.493 e. The molecule has 0 spiro atoms. The minimum absolute atomic E-state index is 0.328. The number of pyridine rings is 1. The summed E-state index contributed by atoms with van der Waals surface area (Å²) in [6.45, 7) is 5.14. The largest absolute Gasteiger partial charge is 0.573 e. The summed E-state index contributed by atoms with van der Waals surface area (Å²) < 4.78 is 59.2. The number of anilines is 1. The number of carboxylic acid groups (broad SMARTS) is 1.